The van der Waals surface area contributed by atoms with Crippen LogP contribution in [0.5, 0.6) is 0 Å². The molecule has 2 aromatic rings. The Labute approximate surface area is 132 Å². The van der Waals surface area contributed by atoms with Crippen LogP contribution < -0.4 is 0 Å². The van der Waals surface area contributed by atoms with Crippen molar-refractivity contribution in [1.82, 2.24) is 4.98 Å². The summed E-state index contributed by atoms with van der Waals surface area (Å²) in [4.78, 5) is 4.08. The molecule has 22 heavy (non-hydrogen) atoms. The quantitative estimate of drug-likeness (QED) is 0.690. The van der Waals surface area contributed by atoms with Gasteiger partial charge in [-0.3, -0.25) is 0 Å². The van der Waals surface area contributed by atoms with Gasteiger partial charge in [-0.2, -0.15) is 0 Å². The first-order valence-corrected chi connectivity index (χ1v) is 9.55. The highest BCUT2D eigenvalue weighted by atomic mass is 32.2. The van der Waals surface area contributed by atoms with Crippen LogP contribution in [0.3, 0.4) is 0 Å². The minimum atomic E-state index is -3.30. The van der Waals surface area contributed by atoms with E-state index in [4.69, 9.17) is 4.42 Å². The summed E-state index contributed by atoms with van der Waals surface area (Å²) in [7, 11) is -3.30. The number of hydrogen-bond donors (Lipinski definition) is 0. The second-order valence-electron chi connectivity index (χ2n) is 5.78. The Kier molecular flexibility index (Phi) is 5.77. The fraction of sp³-hybridized carbons (Fsp3) is 0.471. The van der Waals surface area contributed by atoms with Crippen molar-refractivity contribution in [2.24, 2.45) is 0 Å². The molecule has 120 valence electrons. The van der Waals surface area contributed by atoms with Gasteiger partial charge in [-0.1, -0.05) is 50.1 Å². The topological polar surface area (TPSA) is 60.2 Å². The number of oxazole rings is 1. The second kappa shape index (κ2) is 7.58. The second-order valence-corrected chi connectivity index (χ2v) is 7.72. The molecule has 0 saturated carbocycles. The highest BCUT2D eigenvalue weighted by molar-refractivity contribution is 7.90. The molecule has 0 radical (unpaired) electrons. The van der Waals surface area contributed by atoms with E-state index in [1.54, 1.807) is 0 Å². The molecular weight excluding hydrogens is 298 g/mol. The van der Waals surface area contributed by atoms with Gasteiger partial charge in [0.15, 0.2) is 5.89 Å². The lowest BCUT2D eigenvalue weighted by molar-refractivity contribution is 0.376. The molecule has 0 saturated heterocycles. The van der Waals surface area contributed by atoms with Crippen LogP contribution in [-0.2, 0) is 16.3 Å². The van der Waals surface area contributed by atoms with Gasteiger partial charge in [0.05, 0.1) is 6.20 Å². The molecule has 1 atom stereocenters. The van der Waals surface area contributed by atoms with E-state index in [9.17, 15) is 8.42 Å². The molecule has 4 nitrogen and oxygen atoms in total. The van der Waals surface area contributed by atoms with Crippen molar-refractivity contribution in [3.8, 4) is 0 Å². The molecule has 1 aromatic carbocycles. The fourth-order valence-corrected chi connectivity index (χ4v) is 2.88. The van der Waals surface area contributed by atoms with E-state index in [0.717, 1.165) is 38.4 Å². The van der Waals surface area contributed by atoms with Gasteiger partial charge in [-0.15, -0.1) is 0 Å². The lowest BCUT2D eigenvalue weighted by Crippen LogP contribution is -1.96. The van der Waals surface area contributed by atoms with E-state index in [-0.39, 0.29) is 11.0 Å². The smallest absolute Gasteiger partial charge is 0.238 e. The summed E-state index contributed by atoms with van der Waals surface area (Å²) < 4.78 is 28.1. The van der Waals surface area contributed by atoms with Gasteiger partial charge in [0.25, 0.3) is 0 Å². The number of benzene rings is 1. The van der Waals surface area contributed by atoms with E-state index >= 15 is 0 Å². The number of rotatable bonds is 8. The van der Waals surface area contributed by atoms with Crippen LogP contribution in [0.15, 0.2) is 46.0 Å². The summed E-state index contributed by atoms with van der Waals surface area (Å²) in [5, 5.41) is -0.0431. The Morgan fingerprint density at radius 2 is 1.86 bits per heavy atom. The standard InChI is InChI=1S/C17H23NO3S/c1-14(17-18-13-16(21-17)22(2,19)20)9-5-3-6-10-15-11-7-4-8-12-15/h4,7-8,11-14H,3,5-6,9-10H2,1-2H3. The summed E-state index contributed by atoms with van der Waals surface area (Å²) in [6.45, 7) is 2.02. The zero-order valence-corrected chi connectivity index (χ0v) is 14.0. The predicted molar refractivity (Wildman–Crippen MR) is 86.6 cm³/mol. The third kappa shape index (κ3) is 4.98. The van der Waals surface area contributed by atoms with E-state index in [0.29, 0.717) is 5.89 Å². The molecule has 0 aliphatic rings. The van der Waals surface area contributed by atoms with Crippen molar-refractivity contribution >= 4 is 9.84 Å². The van der Waals surface area contributed by atoms with Gasteiger partial charge in [0.2, 0.25) is 14.9 Å². The highest BCUT2D eigenvalue weighted by Crippen LogP contribution is 2.23. The monoisotopic (exact) mass is 321 g/mol. The average Bonchev–Trinajstić information content (AvgIpc) is 2.98. The Morgan fingerprint density at radius 3 is 2.50 bits per heavy atom. The molecule has 0 aliphatic carbocycles. The summed E-state index contributed by atoms with van der Waals surface area (Å²) in [6.07, 6.45) is 7.90. The molecule has 1 unspecified atom stereocenters. The molecule has 2 rings (SSSR count). The normalized spacial score (nSPS) is 13.2. The summed E-state index contributed by atoms with van der Waals surface area (Å²) in [5.74, 6) is 0.663. The number of sulfone groups is 1. The Morgan fingerprint density at radius 1 is 1.14 bits per heavy atom. The van der Waals surface area contributed by atoms with Crippen molar-refractivity contribution in [3.63, 3.8) is 0 Å². The number of unbranched alkanes of at least 4 members (excludes halogenated alkanes) is 2. The molecule has 0 spiro atoms. The zero-order valence-electron chi connectivity index (χ0n) is 13.2. The number of aromatic nitrogens is 1. The van der Waals surface area contributed by atoms with Crippen molar-refractivity contribution in [2.75, 3.05) is 6.26 Å². The first-order valence-electron chi connectivity index (χ1n) is 7.66. The highest BCUT2D eigenvalue weighted by Gasteiger charge is 2.17. The maximum absolute atomic E-state index is 11.4. The summed E-state index contributed by atoms with van der Waals surface area (Å²) >= 11 is 0. The van der Waals surface area contributed by atoms with Gasteiger partial charge in [-0.25, -0.2) is 13.4 Å². The van der Waals surface area contributed by atoms with E-state index in [2.05, 4.69) is 29.2 Å². The first-order chi connectivity index (χ1) is 10.5. The molecular formula is C17H23NO3S. The zero-order chi connectivity index (χ0) is 16.0. The molecule has 1 aromatic heterocycles. The number of hydrogen-bond acceptors (Lipinski definition) is 4. The molecule has 0 N–H and O–H groups in total. The van der Waals surface area contributed by atoms with E-state index in [1.807, 2.05) is 13.0 Å². The molecule has 0 amide bonds. The van der Waals surface area contributed by atoms with Crippen molar-refractivity contribution in [1.29, 1.82) is 0 Å². The van der Waals surface area contributed by atoms with Crippen molar-refractivity contribution in [3.05, 3.63) is 48.0 Å². The minimum absolute atomic E-state index is 0.0431. The lowest BCUT2D eigenvalue weighted by Gasteiger charge is -2.07. The Bertz CT molecular complexity index is 677. The van der Waals surface area contributed by atoms with Gasteiger partial charge in [0.1, 0.15) is 0 Å². The van der Waals surface area contributed by atoms with Crippen LogP contribution in [0.1, 0.15) is 50.0 Å². The van der Waals surface area contributed by atoms with Crippen molar-refractivity contribution < 1.29 is 12.8 Å². The lowest BCUT2D eigenvalue weighted by atomic mass is 10.0. The van der Waals surface area contributed by atoms with Gasteiger partial charge < -0.3 is 4.42 Å². The van der Waals surface area contributed by atoms with Crippen LogP contribution in [0.2, 0.25) is 0 Å². The first kappa shape index (κ1) is 16.7. The number of nitrogens with zero attached hydrogens (tertiary/aromatic N) is 1. The maximum atomic E-state index is 11.4. The van der Waals surface area contributed by atoms with Crippen LogP contribution in [0.25, 0.3) is 0 Å². The van der Waals surface area contributed by atoms with Crippen molar-refractivity contribution in [2.45, 2.75) is 50.0 Å². The summed E-state index contributed by atoms with van der Waals surface area (Å²) in [5.41, 5.74) is 1.38. The van der Waals surface area contributed by atoms with E-state index in [1.165, 1.54) is 11.8 Å². The van der Waals surface area contributed by atoms with Gasteiger partial charge in [-0.05, 0) is 24.8 Å². The maximum Gasteiger partial charge on any atom is 0.238 e. The van der Waals surface area contributed by atoms with Crippen LogP contribution in [-0.4, -0.2) is 19.7 Å². The average molecular weight is 321 g/mol. The third-order valence-corrected chi connectivity index (χ3v) is 4.65. The summed E-state index contributed by atoms with van der Waals surface area (Å²) in [6, 6.07) is 10.5. The Balaban J connectivity index is 1.72. The largest absolute Gasteiger partial charge is 0.429 e. The van der Waals surface area contributed by atoms with Crippen LogP contribution in [0, 0.1) is 0 Å². The minimum Gasteiger partial charge on any atom is -0.429 e. The van der Waals surface area contributed by atoms with Gasteiger partial charge >= 0.3 is 0 Å². The molecule has 0 aliphatic heterocycles. The molecule has 1 heterocycles. The molecule has 0 fully saturated rings. The number of aryl methyl sites for hydroxylation is 1. The predicted octanol–water partition coefficient (Wildman–Crippen LogP) is 3.98. The van der Waals surface area contributed by atoms with E-state index < -0.39 is 9.84 Å². The molecule has 5 heteroatoms. The van der Waals surface area contributed by atoms with Crippen LogP contribution >= 0.6 is 0 Å². The van der Waals surface area contributed by atoms with Crippen LogP contribution in [0.4, 0.5) is 0 Å². The SMILES string of the molecule is CC(CCCCCc1ccccc1)c1ncc(S(C)(=O)=O)o1. The third-order valence-electron chi connectivity index (χ3n) is 3.73. The fourth-order valence-electron chi connectivity index (χ4n) is 2.40. The van der Waals surface area contributed by atoms with Gasteiger partial charge in [0, 0.05) is 12.2 Å². The molecule has 0 bridgehead atoms. The Hall–Kier alpha value is -1.62.